The van der Waals surface area contributed by atoms with Gasteiger partial charge in [-0.3, -0.25) is 9.59 Å². The lowest BCUT2D eigenvalue weighted by atomic mass is 10.1. The molecule has 0 saturated heterocycles. The zero-order valence-electron chi connectivity index (χ0n) is 16.0. The summed E-state index contributed by atoms with van der Waals surface area (Å²) in [6.45, 7) is 8.56. The molecule has 0 aliphatic heterocycles. The highest BCUT2D eigenvalue weighted by Crippen LogP contribution is 2.08. The SMILES string of the molecule is CCCCC/C=C/CCCOC(=O)CCCC(=O)OC(C)C(C)C. The average Bonchev–Trinajstić information content (AvgIpc) is 2.53. The Hall–Kier alpha value is -1.32. The number of ether oxygens (including phenoxy) is 2. The highest BCUT2D eigenvalue weighted by Gasteiger charge is 2.13. The summed E-state index contributed by atoms with van der Waals surface area (Å²) in [5, 5.41) is 0. The van der Waals surface area contributed by atoms with Gasteiger partial charge in [0.05, 0.1) is 6.61 Å². The third-order valence-corrected chi connectivity index (χ3v) is 3.94. The maximum atomic E-state index is 11.6. The van der Waals surface area contributed by atoms with Gasteiger partial charge in [0.25, 0.3) is 0 Å². The molecule has 0 N–H and O–H groups in total. The number of rotatable bonds is 14. The number of carbonyl (C=O) groups excluding carboxylic acids is 2. The topological polar surface area (TPSA) is 52.6 Å². The Kier molecular flexibility index (Phi) is 14.4. The van der Waals surface area contributed by atoms with Gasteiger partial charge in [-0.1, -0.05) is 45.8 Å². The molecule has 0 aliphatic rings. The Morgan fingerprint density at radius 1 is 0.875 bits per heavy atom. The average molecular weight is 341 g/mol. The molecular formula is C20H36O4. The van der Waals surface area contributed by atoms with E-state index in [0.717, 1.165) is 19.3 Å². The summed E-state index contributed by atoms with van der Waals surface area (Å²) in [5.74, 6) is -0.163. The van der Waals surface area contributed by atoms with Crippen LogP contribution in [-0.2, 0) is 19.1 Å². The van der Waals surface area contributed by atoms with Crippen molar-refractivity contribution in [2.45, 2.75) is 91.6 Å². The molecule has 24 heavy (non-hydrogen) atoms. The van der Waals surface area contributed by atoms with E-state index < -0.39 is 0 Å². The summed E-state index contributed by atoms with van der Waals surface area (Å²) >= 11 is 0. The first-order valence-electron chi connectivity index (χ1n) is 9.47. The first-order valence-corrected chi connectivity index (χ1v) is 9.47. The van der Waals surface area contributed by atoms with E-state index in [-0.39, 0.29) is 30.9 Å². The molecule has 0 aromatic rings. The van der Waals surface area contributed by atoms with Crippen LogP contribution in [0.4, 0.5) is 0 Å². The monoisotopic (exact) mass is 340 g/mol. The van der Waals surface area contributed by atoms with E-state index in [4.69, 9.17) is 9.47 Å². The number of hydrogen-bond acceptors (Lipinski definition) is 4. The molecule has 0 rings (SSSR count). The highest BCUT2D eigenvalue weighted by atomic mass is 16.5. The van der Waals surface area contributed by atoms with Crippen LogP contribution < -0.4 is 0 Å². The van der Waals surface area contributed by atoms with Gasteiger partial charge in [-0.15, -0.1) is 0 Å². The van der Waals surface area contributed by atoms with Crippen molar-refractivity contribution in [3.63, 3.8) is 0 Å². The number of allylic oxidation sites excluding steroid dienone is 2. The molecule has 0 spiro atoms. The first kappa shape index (κ1) is 22.7. The molecule has 0 aromatic heterocycles. The largest absolute Gasteiger partial charge is 0.466 e. The van der Waals surface area contributed by atoms with E-state index in [1.807, 2.05) is 20.8 Å². The number of hydrogen-bond donors (Lipinski definition) is 0. The molecule has 0 saturated carbocycles. The van der Waals surface area contributed by atoms with Crippen LogP contribution in [-0.4, -0.2) is 24.6 Å². The standard InChI is InChI=1S/C20H36O4/c1-5-6-7-8-9-10-11-12-16-23-19(21)14-13-15-20(22)24-18(4)17(2)3/h9-10,17-18H,5-8,11-16H2,1-4H3/b10-9+. The molecule has 0 radical (unpaired) electrons. The predicted molar refractivity (Wildman–Crippen MR) is 97.7 cm³/mol. The second-order valence-electron chi connectivity index (χ2n) is 6.62. The van der Waals surface area contributed by atoms with Gasteiger partial charge in [0.15, 0.2) is 0 Å². The van der Waals surface area contributed by atoms with Gasteiger partial charge in [-0.2, -0.15) is 0 Å². The summed E-state index contributed by atoms with van der Waals surface area (Å²) < 4.78 is 10.4. The molecule has 0 aliphatic carbocycles. The van der Waals surface area contributed by atoms with Crippen LogP contribution in [0.2, 0.25) is 0 Å². The van der Waals surface area contributed by atoms with Gasteiger partial charge < -0.3 is 9.47 Å². The molecule has 4 heteroatoms. The van der Waals surface area contributed by atoms with E-state index >= 15 is 0 Å². The van der Waals surface area contributed by atoms with E-state index in [9.17, 15) is 9.59 Å². The van der Waals surface area contributed by atoms with E-state index in [1.165, 1.54) is 19.3 Å². The van der Waals surface area contributed by atoms with Gasteiger partial charge in [0.1, 0.15) is 6.10 Å². The van der Waals surface area contributed by atoms with Gasteiger partial charge in [-0.25, -0.2) is 0 Å². The van der Waals surface area contributed by atoms with Crippen molar-refractivity contribution < 1.29 is 19.1 Å². The van der Waals surface area contributed by atoms with Gasteiger partial charge in [0, 0.05) is 12.8 Å². The lowest BCUT2D eigenvalue weighted by Gasteiger charge is -2.16. The van der Waals surface area contributed by atoms with E-state index in [1.54, 1.807) is 0 Å². The fourth-order valence-corrected chi connectivity index (χ4v) is 1.99. The Morgan fingerprint density at radius 3 is 2.12 bits per heavy atom. The second-order valence-corrected chi connectivity index (χ2v) is 6.62. The Bertz CT molecular complexity index is 361. The highest BCUT2D eigenvalue weighted by molar-refractivity contribution is 5.72. The van der Waals surface area contributed by atoms with Crippen LogP contribution >= 0.6 is 0 Å². The van der Waals surface area contributed by atoms with Crippen molar-refractivity contribution in [2.75, 3.05) is 6.61 Å². The zero-order valence-corrected chi connectivity index (χ0v) is 16.0. The van der Waals surface area contributed by atoms with Crippen LogP contribution in [0.25, 0.3) is 0 Å². The predicted octanol–water partition coefficient (Wildman–Crippen LogP) is 5.20. The van der Waals surface area contributed by atoms with Crippen LogP contribution in [0.5, 0.6) is 0 Å². The number of esters is 2. The van der Waals surface area contributed by atoms with Gasteiger partial charge >= 0.3 is 11.9 Å². The van der Waals surface area contributed by atoms with Crippen molar-refractivity contribution in [1.29, 1.82) is 0 Å². The lowest BCUT2D eigenvalue weighted by Crippen LogP contribution is -2.20. The van der Waals surface area contributed by atoms with Crippen molar-refractivity contribution in [3.05, 3.63) is 12.2 Å². The molecule has 1 unspecified atom stereocenters. The lowest BCUT2D eigenvalue weighted by molar-refractivity contribution is -0.150. The van der Waals surface area contributed by atoms with Crippen molar-refractivity contribution >= 4 is 11.9 Å². The summed E-state index contributed by atoms with van der Waals surface area (Å²) in [4.78, 5) is 23.2. The van der Waals surface area contributed by atoms with E-state index in [0.29, 0.717) is 18.9 Å². The van der Waals surface area contributed by atoms with Gasteiger partial charge in [0.2, 0.25) is 0 Å². The minimum absolute atomic E-state index is 0.0838. The molecule has 0 amide bonds. The zero-order chi connectivity index (χ0) is 18.2. The van der Waals surface area contributed by atoms with Crippen LogP contribution in [0, 0.1) is 5.92 Å². The first-order chi connectivity index (χ1) is 11.5. The molecule has 0 aromatic carbocycles. The third-order valence-electron chi connectivity index (χ3n) is 3.94. The molecule has 0 fully saturated rings. The van der Waals surface area contributed by atoms with Crippen LogP contribution in [0.1, 0.15) is 85.5 Å². The maximum absolute atomic E-state index is 11.6. The second kappa shape index (κ2) is 15.2. The van der Waals surface area contributed by atoms with Crippen LogP contribution in [0.3, 0.4) is 0 Å². The molecule has 4 nitrogen and oxygen atoms in total. The fraction of sp³-hybridized carbons (Fsp3) is 0.800. The normalized spacial score (nSPS) is 12.5. The smallest absolute Gasteiger partial charge is 0.306 e. The van der Waals surface area contributed by atoms with Gasteiger partial charge in [-0.05, 0) is 44.9 Å². The molecule has 0 bridgehead atoms. The number of carbonyl (C=O) groups is 2. The molecular weight excluding hydrogens is 304 g/mol. The van der Waals surface area contributed by atoms with Crippen LogP contribution in [0.15, 0.2) is 12.2 Å². The van der Waals surface area contributed by atoms with E-state index in [2.05, 4.69) is 19.1 Å². The fourth-order valence-electron chi connectivity index (χ4n) is 1.99. The maximum Gasteiger partial charge on any atom is 0.306 e. The Balaban J connectivity index is 3.52. The Labute approximate surface area is 148 Å². The minimum Gasteiger partial charge on any atom is -0.466 e. The quantitative estimate of drug-likeness (QED) is 0.248. The summed E-state index contributed by atoms with van der Waals surface area (Å²) in [5.41, 5.74) is 0. The van der Waals surface area contributed by atoms with Crippen molar-refractivity contribution in [2.24, 2.45) is 5.92 Å². The third kappa shape index (κ3) is 14.3. The van der Waals surface area contributed by atoms with Crippen molar-refractivity contribution in [1.82, 2.24) is 0 Å². The number of unbranched alkanes of at least 4 members (excludes halogenated alkanes) is 4. The van der Waals surface area contributed by atoms with Crippen molar-refractivity contribution in [3.8, 4) is 0 Å². The molecule has 0 heterocycles. The Morgan fingerprint density at radius 2 is 1.50 bits per heavy atom. The minimum atomic E-state index is -0.239. The molecule has 1 atom stereocenters. The summed E-state index contributed by atoms with van der Waals surface area (Å²) in [7, 11) is 0. The summed E-state index contributed by atoms with van der Waals surface area (Å²) in [6, 6.07) is 0. The summed E-state index contributed by atoms with van der Waals surface area (Å²) in [6.07, 6.45) is 12.0. The molecule has 140 valence electrons.